The van der Waals surface area contributed by atoms with Crippen molar-refractivity contribution in [3.8, 4) is 11.1 Å². The summed E-state index contributed by atoms with van der Waals surface area (Å²) in [6.45, 7) is 10.1. The number of aromatic nitrogens is 2. The van der Waals surface area contributed by atoms with Crippen LogP contribution in [0.1, 0.15) is 18.4 Å². The van der Waals surface area contributed by atoms with E-state index in [9.17, 15) is 9.59 Å². The van der Waals surface area contributed by atoms with E-state index in [2.05, 4.69) is 54.3 Å². The Morgan fingerprint density at radius 2 is 1.57 bits per heavy atom. The van der Waals surface area contributed by atoms with E-state index in [0.717, 1.165) is 88.6 Å². The number of benzene rings is 2. The van der Waals surface area contributed by atoms with Crippen molar-refractivity contribution in [2.45, 2.75) is 19.4 Å². The summed E-state index contributed by atoms with van der Waals surface area (Å²) in [5.74, 6) is 0.0760. The van der Waals surface area contributed by atoms with Gasteiger partial charge in [-0.2, -0.15) is 4.98 Å². The molecule has 3 aromatic rings. The van der Waals surface area contributed by atoms with Crippen LogP contribution >= 0.6 is 0 Å². The van der Waals surface area contributed by atoms with Crippen molar-refractivity contribution in [1.82, 2.24) is 24.7 Å². The highest BCUT2D eigenvalue weighted by Crippen LogP contribution is 2.20. The van der Waals surface area contributed by atoms with Gasteiger partial charge < -0.3 is 31.6 Å². The van der Waals surface area contributed by atoms with E-state index in [1.165, 1.54) is 0 Å². The molecule has 44 heavy (non-hydrogen) atoms. The third-order valence-corrected chi connectivity index (χ3v) is 7.78. The van der Waals surface area contributed by atoms with E-state index < -0.39 is 11.6 Å². The SMILES string of the molecule is CN(C)CCN1CCN(c2ccc(NC(=O)Nc3nc(=O)c(-c4ccc(CN(CCCN)CCCN)cc4)c[nH]3)cc2)CC1. The predicted octanol–water partition coefficient (Wildman–Crippen LogP) is 2.26. The number of nitrogens with one attached hydrogen (secondary N) is 3. The first-order chi connectivity index (χ1) is 21.3. The molecule has 0 bridgehead atoms. The zero-order chi connectivity index (χ0) is 31.3. The van der Waals surface area contributed by atoms with Crippen molar-refractivity contribution in [3.05, 3.63) is 70.6 Å². The standard InChI is InChI=1S/C32H48N10O2/c1-39(2)17-18-40-19-21-42(22-20-40)28-11-9-27(10-12-28)36-32(44)38-31-35-23-29(30(43)37-31)26-7-5-25(6-8-26)24-41(15-3-13-33)16-4-14-34/h5-12,23H,3-4,13-22,24,33-34H2,1-2H3,(H3,35,36,37,38,43,44). The van der Waals surface area contributed by atoms with Gasteiger partial charge >= 0.3 is 6.03 Å². The van der Waals surface area contributed by atoms with Crippen molar-refractivity contribution in [2.75, 3.05) is 95.1 Å². The molecule has 0 unspecified atom stereocenters. The molecule has 0 aliphatic carbocycles. The highest BCUT2D eigenvalue weighted by Gasteiger charge is 2.17. The molecule has 2 amide bonds. The van der Waals surface area contributed by atoms with Crippen molar-refractivity contribution >= 4 is 23.4 Å². The molecule has 238 valence electrons. The summed E-state index contributed by atoms with van der Waals surface area (Å²) in [7, 11) is 4.20. The average molecular weight is 605 g/mol. The highest BCUT2D eigenvalue weighted by molar-refractivity contribution is 5.98. The molecule has 0 spiro atoms. The number of nitrogens with zero attached hydrogens (tertiary/aromatic N) is 5. The second kappa shape index (κ2) is 16.9. The van der Waals surface area contributed by atoms with Crippen LogP contribution in [0.5, 0.6) is 0 Å². The molecule has 7 N–H and O–H groups in total. The molecule has 0 atom stereocenters. The number of H-pyrrole nitrogens is 1. The Morgan fingerprint density at radius 3 is 2.16 bits per heavy atom. The van der Waals surface area contributed by atoms with Gasteiger partial charge in [0.15, 0.2) is 0 Å². The van der Waals surface area contributed by atoms with Gasteiger partial charge in [-0.1, -0.05) is 24.3 Å². The lowest BCUT2D eigenvalue weighted by Crippen LogP contribution is -2.48. The first-order valence-electron chi connectivity index (χ1n) is 15.5. The molecule has 2 aromatic carbocycles. The van der Waals surface area contributed by atoms with Crippen LogP contribution in [0, 0.1) is 0 Å². The molecular formula is C32H48N10O2. The highest BCUT2D eigenvalue weighted by atomic mass is 16.2. The Kier molecular flexibility index (Phi) is 12.7. The smallest absolute Gasteiger partial charge is 0.326 e. The summed E-state index contributed by atoms with van der Waals surface area (Å²) in [4.78, 5) is 41.8. The van der Waals surface area contributed by atoms with Crippen LogP contribution < -0.4 is 32.6 Å². The predicted molar refractivity (Wildman–Crippen MR) is 179 cm³/mol. The van der Waals surface area contributed by atoms with Gasteiger partial charge in [0.2, 0.25) is 5.95 Å². The van der Waals surface area contributed by atoms with Crippen molar-refractivity contribution in [2.24, 2.45) is 11.5 Å². The van der Waals surface area contributed by atoms with Gasteiger partial charge in [0, 0.05) is 63.4 Å². The van der Waals surface area contributed by atoms with Gasteiger partial charge in [-0.15, -0.1) is 0 Å². The van der Waals surface area contributed by atoms with E-state index >= 15 is 0 Å². The fraction of sp³-hybridized carbons (Fsp3) is 0.469. The number of carbonyl (C=O) groups excluding carboxylic acids is 1. The second-order valence-corrected chi connectivity index (χ2v) is 11.5. The van der Waals surface area contributed by atoms with Crippen molar-refractivity contribution < 1.29 is 4.79 Å². The fourth-order valence-electron chi connectivity index (χ4n) is 5.21. The maximum absolute atomic E-state index is 12.8. The normalized spacial score (nSPS) is 13.9. The number of hydrogen-bond acceptors (Lipinski definition) is 9. The molecule has 1 aliphatic heterocycles. The quantitative estimate of drug-likeness (QED) is 0.176. The number of carbonyl (C=O) groups is 1. The van der Waals surface area contributed by atoms with Crippen LogP contribution in [-0.4, -0.2) is 110 Å². The molecule has 4 rings (SSSR count). The first-order valence-corrected chi connectivity index (χ1v) is 15.5. The minimum Gasteiger partial charge on any atom is -0.369 e. The number of anilines is 3. The zero-order valence-corrected chi connectivity index (χ0v) is 26.1. The van der Waals surface area contributed by atoms with E-state index in [4.69, 9.17) is 11.5 Å². The lowest BCUT2D eigenvalue weighted by Gasteiger charge is -2.36. The molecular weight excluding hydrogens is 556 g/mol. The van der Waals surface area contributed by atoms with Crippen LogP contribution in [0.3, 0.4) is 0 Å². The van der Waals surface area contributed by atoms with Crippen molar-refractivity contribution in [1.29, 1.82) is 0 Å². The molecule has 2 heterocycles. The van der Waals surface area contributed by atoms with Crippen molar-refractivity contribution in [3.63, 3.8) is 0 Å². The molecule has 12 heteroatoms. The van der Waals surface area contributed by atoms with Crippen LogP contribution in [-0.2, 0) is 6.54 Å². The van der Waals surface area contributed by atoms with Crippen LogP contribution in [0.2, 0.25) is 0 Å². The summed E-state index contributed by atoms with van der Waals surface area (Å²) in [5, 5.41) is 5.42. The van der Waals surface area contributed by atoms with Gasteiger partial charge in [-0.05, 0) is 88.5 Å². The number of aromatic amines is 1. The Balaban J connectivity index is 1.27. The van der Waals surface area contributed by atoms with Gasteiger partial charge in [0.25, 0.3) is 5.56 Å². The second-order valence-electron chi connectivity index (χ2n) is 11.5. The zero-order valence-electron chi connectivity index (χ0n) is 26.1. The van der Waals surface area contributed by atoms with E-state index in [1.54, 1.807) is 6.20 Å². The monoisotopic (exact) mass is 604 g/mol. The minimum atomic E-state index is -0.485. The number of likely N-dealkylation sites (N-methyl/N-ethyl adjacent to an activating group) is 1. The largest absolute Gasteiger partial charge is 0.369 e. The number of piperazine rings is 1. The molecule has 1 saturated heterocycles. The van der Waals surface area contributed by atoms with Gasteiger partial charge in [-0.25, -0.2) is 4.79 Å². The number of hydrogen-bond donors (Lipinski definition) is 5. The Hall–Kier alpha value is -3.81. The van der Waals surface area contributed by atoms with Gasteiger partial charge in [-0.3, -0.25) is 19.9 Å². The average Bonchev–Trinajstić information content (AvgIpc) is 3.02. The summed E-state index contributed by atoms with van der Waals surface area (Å²) >= 11 is 0. The van der Waals surface area contributed by atoms with Gasteiger partial charge in [0.05, 0.1) is 5.56 Å². The summed E-state index contributed by atoms with van der Waals surface area (Å²) in [5.41, 5.74) is 15.1. The Bertz CT molecular complexity index is 1340. The topological polar surface area (TPSA) is 152 Å². The van der Waals surface area contributed by atoms with E-state index in [-0.39, 0.29) is 5.95 Å². The number of nitrogens with two attached hydrogens (primary N) is 2. The lowest BCUT2D eigenvalue weighted by molar-refractivity contribution is 0.229. The number of rotatable bonds is 15. The minimum absolute atomic E-state index is 0.0760. The maximum Gasteiger partial charge on any atom is 0.326 e. The third-order valence-electron chi connectivity index (χ3n) is 7.78. The maximum atomic E-state index is 12.8. The molecule has 1 aliphatic rings. The molecule has 0 saturated carbocycles. The van der Waals surface area contributed by atoms with Crippen LogP contribution in [0.4, 0.5) is 22.1 Å². The Morgan fingerprint density at radius 1 is 0.909 bits per heavy atom. The Labute approximate surface area is 260 Å². The molecule has 1 aromatic heterocycles. The van der Waals surface area contributed by atoms with E-state index in [1.807, 2.05) is 48.5 Å². The third kappa shape index (κ3) is 10.1. The summed E-state index contributed by atoms with van der Waals surface area (Å²) in [6, 6.07) is 15.2. The lowest BCUT2D eigenvalue weighted by atomic mass is 10.1. The number of urea groups is 1. The first kappa shape index (κ1) is 33.1. The number of amides is 2. The molecule has 1 fully saturated rings. The summed E-state index contributed by atoms with van der Waals surface area (Å²) < 4.78 is 0. The van der Waals surface area contributed by atoms with Crippen LogP contribution in [0.25, 0.3) is 11.1 Å². The van der Waals surface area contributed by atoms with Crippen LogP contribution in [0.15, 0.2) is 59.5 Å². The van der Waals surface area contributed by atoms with Gasteiger partial charge in [0.1, 0.15) is 0 Å². The van der Waals surface area contributed by atoms with E-state index in [0.29, 0.717) is 24.3 Å². The molecule has 0 radical (unpaired) electrons. The summed E-state index contributed by atoms with van der Waals surface area (Å²) in [6.07, 6.45) is 3.44. The fourth-order valence-corrected chi connectivity index (χ4v) is 5.21. The molecule has 12 nitrogen and oxygen atoms in total.